The molecule has 0 saturated carbocycles. The third-order valence-electron chi connectivity index (χ3n) is 4.80. The van der Waals surface area contributed by atoms with Crippen LogP contribution in [0.4, 0.5) is 0 Å². The van der Waals surface area contributed by atoms with Crippen molar-refractivity contribution in [2.45, 2.75) is 0 Å². The molecule has 0 aliphatic heterocycles. The number of para-hydroxylation sites is 1. The number of benzene rings is 3. The number of hydrogen-bond acceptors (Lipinski definition) is 4. The van der Waals surface area contributed by atoms with Crippen molar-refractivity contribution >= 4 is 46.2 Å². The van der Waals surface area contributed by atoms with Gasteiger partial charge in [-0.3, -0.25) is 4.79 Å². The summed E-state index contributed by atoms with van der Waals surface area (Å²) < 4.78 is 10.7. The molecule has 32 heavy (non-hydrogen) atoms. The molecule has 1 N–H and O–H groups in total. The van der Waals surface area contributed by atoms with E-state index in [9.17, 15) is 9.59 Å². The zero-order valence-electron chi connectivity index (χ0n) is 16.9. The molecule has 0 unspecified atom stereocenters. The quantitative estimate of drug-likeness (QED) is 0.357. The fourth-order valence-corrected chi connectivity index (χ4v) is 3.89. The van der Waals surface area contributed by atoms with E-state index in [1.807, 2.05) is 12.1 Å². The van der Waals surface area contributed by atoms with Crippen molar-refractivity contribution < 1.29 is 13.9 Å². The Kier molecular flexibility index (Phi) is 6.30. The number of nitrogens with one attached hydrogen (secondary N) is 1. The van der Waals surface area contributed by atoms with Crippen molar-refractivity contribution in [1.82, 2.24) is 5.32 Å². The maximum Gasteiger partial charge on any atom is 0.344 e. The summed E-state index contributed by atoms with van der Waals surface area (Å²) in [5.74, 6) is 0.104. The molecule has 1 amide bonds. The van der Waals surface area contributed by atoms with Crippen LogP contribution in [0.5, 0.6) is 5.75 Å². The standard InChI is InChI=1S/C25H17Cl2NO4/c1-31-23-17(12-19(26)14-21(23)27)9-10-28-24(29)18-7-4-6-15(11-18)20-13-16-5-2-3-8-22(16)32-25(20)30/h2-14H,1H3,(H,28,29). The van der Waals surface area contributed by atoms with Crippen LogP contribution >= 0.6 is 23.2 Å². The first-order chi connectivity index (χ1) is 15.5. The number of rotatable bonds is 5. The molecular weight excluding hydrogens is 449 g/mol. The van der Waals surface area contributed by atoms with Gasteiger partial charge in [0.25, 0.3) is 5.91 Å². The summed E-state index contributed by atoms with van der Waals surface area (Å²) in [5, 5.41) is 4.31. The number of fused-ring (bicyclic) bond motifs is 1. The lowest BCUT2D eigenvalue weighted by Gasteiger charge is -2.08. The second-order valence-electron chi connectivity index (χ2n) is 6.88. The van der Waals surface area contributed by atoms with Gasteiger partial charge in [-0.15, -0.1) is 0 Å². The molecule has 160 valence electrons. The van der Waals surface area contributed by atoms with Crippen LogP contribution in [0.1, 0.15) is 15.9 Å². The van der Waals surface area contributed by atoms with Gasteiger partial charge in [0.15, 0.2) is 0 Å². The highest BCUT2D eigenvalue weighted by atomic mass is 35.5. The van der Waals surface area contributed by atoms with E-state index < -0.39 is 5.63 Å². The van der Waals surface area contributed by atoms with E-state index in [-0.39, 0.29) is 5.91 Å². The molecule has 0 aliphatic carbocycles. The normalized spacial score (nSPS) is 11.1. The number of ether oxygens (including phenoxy) is 1. The molecule has 4 rings (SSSR count). The predicted octanol–water partition coefficient (Wildman–Crippen LogP) is 6.18. The molecule has 3 aromatic carbocycles. The Morgan fingerprint density at radius 3 is 2.66 bits per heavy atom. The van der Waals surface area contributed by atoms with Gasteiger partial charge in [0.05, 0.1) is 17.7 Å². The summed E-state index contributed by atoms with van der Waals surface area (Å²) in [6, 6.07) is 19.0. The van der Waals surface area contributed by atoms with Gasteiger partial charge in [-0.05, 0) is 48.0 Å². The Morgan fingerprint density at radius 1 is 1.03 bits per heavy atom. The third kappa shape index (κ3) is 4.54. The SMILES string of the molecule is COc1c(Cl)cc(Cl)cc1C=CNC(=O)c1cccc(-c2cc3ccccc3oc2=O)c1. The Balaban J connectivity index is 1.58. The Hall–Kier alpha value is -3.54. The van der Waals surface area contributed by atoms with Gasteiger partial charge < -0.3 is 14.5 Å². The summed E-state index contributed by atoms with van der Waals surface area (Å²) in [4.78, 5) is 25.1. The lowest BCUT2D eigenvalue weighted by atomic mass is 10.0. The smallest absolute Gasteiger partial charge is 0.344 e. The molecule has 0 saturated heterocycles. The van der Waals surface area contributed by atoms with Gasteiger partial charge in [0.2, 0.25) is 0 Å². The summed E-state index contributed by atoms with van der Waals surface area (Å²) in [5.41, 5.74) is 2.02. The fourth-order valence-electron chi connectivity index (χ4n) is 3.30. The lowest BCUT2D eigenvalue weighted by Crippen LogP contribution is -2.17. The fraction of sp³-hybridized carbons (Fsp3) is 0.0400. The Labute approximate surface area is 193 Å². The van der Waals surface area contributed by atoms with E-state index in [1.54, 1.807) is 60.7 Å². The molecule has 4 aromatic rings. The van der Waals surface area contributed by atoms with Gasteiger partial charge >= 0.3 is 5.63 Å². The van der Waals surface area contributed by atoms with Crippen molar-refractivity contribution in [1.29, 1.82) is 0 Å². The first kappa shape index (κ1) is 21.7. The largest absolute Gasteiger partial charge is 0.495 e. The Morgan fingerprint density at radius 2 is 1.84 bits per heavy atom. The number of hydrogen-bond donors (Lipinski definition) is 1. The second-order valence-corrected chi connectivity index (χ2v) is 7.73. The van der Waals surface area contributed by atoms with E-state index in [4.69, 9.17) is 32.4 Å². The molecule has 0 fully saturated rings. The molecule has 0 bridgehead atoms. The van der Waals surface area contributed by atoms with Crippen LogP contribution < -0.4 is 15.7 Å². The average Bonchev–Trinajstić information content (AvgIpc) is 2.78. The van der Waals surface area contributed by atoms with Crippen LogP contribution in [-0.2, 0) is 0 Å². The zero-order valence-corrected chi connectivity index (χ0v) is 18.4. The van der Waals surface area contributed by atoms with Crippen LogP contribution in [0, 0.1) is 0 Å². The summed E-state index contributed by atoms with van der Waals surface area (Å²) >= 11 is 12.2. The topological polar surface area (TPSA) is 68.5 Å². The first-order valence-electron chi connectivity index (χ1n) is 9.60. The van der Waals surface area contributed by atoms with E-state index in [2.05, 4.69) is 5.32 Å². The van der Waals surface area contributed by atoms with E-state index in [1.165, 1.54) is 13.3 Å². The van der Waals surface area contributed by atoms with Crippen molar-refractivity contribution in [2.75, 3.05) is 7.11 Å². The monoisotopic (exact) mass is 465 g/mol. The van der Waals surface area contributed by atoms with Crippen LogP contribution in [0.2, 0.25) is 10.0 Å². The molecular formula is C25H17Cl2NO4. The maximum atomic E-state index is 12.7. The molecule has 5 nitrogen and oxygen atoms in total. The van der Waals surface area contributed by atoms with Crippen LogP contribution in [0.25, 0.3) is 28.2 Å². The van der Waals surface area contributed by atoms with Gasteiger partial charge in [0.1, 0.15) is 11.3 Å². The van der Waals surface area contributed by atoms with Crippen molar-refractivity contribution in [3.8, 4) is 16.9 Å². The molecule has 7 heteroatoms. The molecule has 0 aliphatic rings. The van der Waals surface area contributed by atoms with Crippen molar-refractivity contribution in [2.24, 2.45) is 0 Å². The Bertz CT molecular complexity index is 1410. The molecule has 0 spiro atoms. The van der Waals surface area contributed by atoms with Crippen LogP contribution in [-0.4, -0.2) is 13.0 Å². The zero-order chi connectivity index (χ0) is 22.7. The molecule has 0 atom stereocenters. The van der Waals surface area contributed by atoms with Gasteiger partial charge in [-0.1, -0.05) is 53.5 Å². The minimum atomic E-state index is -0.467. The minimum Gasteiger partial charge on any atom is -0.495 e. The number of halogens is 2. The molecule has 0 radical (unpaired) electrons. The molecule has 1 aromatic heterocycles. The second kappa shape index (κ2) is 9.30. The number of methoxy groups -OCH3 is 1. The van der Waals surface area contributed by atoms with Crippen LogP contribution in [0.3, 0.4) is 0 Å². The maximum absolute atomic E-state index is 12.7. The third-order valence-corrected chi connectivity index (χ3v) is 5.29. The van der Waals surface area contributed by atoms with Gasteiger partial charge in [-0.2, -0.15) is 0 Å². The van der Waals surface area contributed by atoms with Crippen molar-refractivity contribution in [3.63, 3.8) is 0 Å². The highest BCUT2D eigenvalue weighted by molar-refractivity contribution is 6.35. The average molecular weight is 466 g/mol. The first-order valence-corrected chi connectivity index (χ1v) is 10.4. The van der Waals surface area contributed by atoms with E-state index in [0.29, 0.717) is 43.6 Å². The lowest BCUT2D eigenvalue weighted by molar-refractivity contribution is 0.0970. The summed E-state index contributed by atoms with van der Waals surface area (Å²) in [7, 11) is 1.50. The van der Waals surface area contributed by atoms with Gasteiger partial charge in [0, 0.05) is 27.7 Å². The van der Waals surface area contributed by atoms with E-state index in [0.717, 1.165) is 5.39 Å². The van der Waals surface area contributed by atoms with Gasteiger partial charge in [-0.25, -0.2) is 4.79 Å². The number of amides is 1. The summed E-state index contributed by atoms with van der Waals surface area (Å²) in [6.07, 6.45) is 3.11. The predicted molar refractivity (Wildman–Crippen MR) is 127 cm³/mol. The number of carbonyl (C=O) groups excluding carboxylic acids is 1. The summed E-state index contributed by atoms with van der Waals surface area (Å²) in [6.45, 7) is 0. The van der Waals surface area contributed by atoms with E-state index >= 15 is 0 Å². The van der Waals surface area contributed by atoms with Crippen LogP contribution in [0.15, 0.2) is 82.1 Å². The highest BCUT2D eigenvalue weighted by Crippen LogP contribution is 2.32. The molecule has 1 heterocycles. The van der Waals surface area contributed by atoms with Crippen molar-refractivity contribution in [3.05, 3.63) is 105 Å². The minimum absolute atomic E-state index is 0.347. The highest BCUT2D eigenvalue weighted by Gasteiger charge is 2.11. The number of carbonyl (C=O) groups is 1.